The second-order valence-corrected chi connectivity index (χ2v) is 6.51. The molecule has 0 aromatic carbocycles. The fraction of sp³-hybridized carbons (Fsp3) is 1.00. The lowest BCUT2D eigenvalue weighted by molar-refractivity contribution is -0.00415. The Bertz CT molecular complexity index is 243. The lowest BCUT2D eigenvalue weighted by Crippen LogP contribution is -2.50. The van der Waals surface area contributed by atoms with E-state index in [-0.39, 0.29) is 6.10 Å². The van der Waals surface area contributed by atoms with Crippen molar-refractivity contribution >= 4 is 0 Å². The Labute approximate surface area is 106 Å². The second-order valence-electron chi connectivity index (χ2n) is 6.51. The Hall–Kier alpha value is -0.0800. The predicted molar refractivity (Wildman–Crippen MR) is 72.0 cm³/mol. The maximum atomic E-state index is 10.1. The molecule has 0 amide bonds. The van der Waals surface area contributed by atoms with Gasteiger partial charge in [-0.15, -0.1) is 0 Å². The van der Waals surface area contributed by atoms with Gasteiger partial charge in [-0.1, -0.05) is 26.7 Å². The Morgan fingerprint density at radius 2 is 1.65 bits per heavy atom. The first-order valence-electron chi connectivity index (χ1n) is 7.49. The largest absolute Gasteiger partial charge is 0.391 e. The van der Waals surface area contributed by atoms with Gasteiger partial charge in [-0.05, 0) is 51.0 Å². The van der Waals surface area contributed by atoms with Crippen molar-refractivity contribution in [1.29, 1.82) is 0 Å². The van der Waals surface area contributed by atoms with E-state index in [2.05, 4.69) is 25.8 Å². The molecule has 2 fully saturated rings. The summed E-state index contributed by atoms with van der Waals surface area (Å²) in [7, 11) is 2.24. The van der Waals surface area contributed by atoms with Crippen LogP contribution in [-0.4, -0.2) is 35.2 Å². The Kier molecular flexibility index (Phi) is 4.48. The van der Waals surface area contributed by atoms with Crippen LogP contribution in [0.5, 0.6) is 0 Å². The van der Waals surface area contributed by atoms with Crippen molar-refractivity contribution < 1.29 is 5.11 Å². The molecular formula is C15H29NO. The van der Waals surface area contributed by atoms with Gasteiger partial charge in [0.2, 0.25) is 0 Å². The molecule has 5 unspecified atom stereocenters. The highest BCUT2D eigenvalue weighted by Gasteiger charge is 2.33. The molecular weight excluding hydrogens is 210 g/mol. The highest BCUT2D eigenvalue weighted by molar-refractivity contribution is 4.88. The summed E-state index contributed by atoms with van der Waals surface area (Å²) in [5.74, 6) is 1.73. The summed E-state index contributed by atoms with van der Waals surface area (Å²) in [5.41, 5.74) is 0. The summed E-state index contributed by atoms with van der Waals surface area (Å²) in [4.78, 5) is 2.51. The van der Waals surface area contributed by atoms with Crippen molar-refractivity contribution in [2.75, 3.05) is 7.05 Å². The third kappa shape index (κ3) is 3.03. The van der Waals surface area contributed by atoms with Crippen molar-refractivity contribution in [1.82, 2.24) is 4.90 Å². The van der Waals surface area contributed by atoms with Crippen molar-refractivity contribution in [2.45, 2.75) is 77.0 Å². The monoisotopic (exact) mass is 239 g/mol. The fourth-order valence-corrected chi connectivity index (χ4v) is 3.73. The molecule has 2 nitrogen and oxygen atoms in total. The minimum absolute atomic E-state index is 0.0802. The molecule has 0 radical (unpaired) electrons. The minimum Gasteiger partial charge on any atom is -0.391 e. The van der Waals surface area contributed by atoms with Gasteiger partial charge < -0.3 is 5.11 Å². The van der Waals surface area contributed by atoms with Gasteiger partial charge in [0.05, 0.1) is 6.10 Å². The van der Waals surface area contributed by atoms with E-state index in [4.69, 9.17) is 0 Å². The lowest BCUT2D eigenvalue weighted by atomic mass is 9.77. The highest BCUT2D eigenvalue weighted by atomic mass is 16.3. The first-order chi connectivity index (χ1) is 8.09. The van der Waals surface area contributed by atoms with Crippen LogP contribution in [0.1, 0.15) is 58.8 Å². The van der Waals surface area contributed by atoms with Crippen LogP contribution in [0.3, 0.4) is 0 Å². The van der Waals surface area contributed by atoms with Crippen LogP contribution in [0.2, 0.25) is 0 Å². The van der Waals surface area contributed by atoms with E-state index in [0.29, 0.717) is 12.1 Å². The number of aliphatic hydroxyl groups is 1. The quantitative estimate of drug-likeness (QED) is 0.800. The Morgan fingerprint density at radius 1 is 0.941 bits per heavy atom. The van der Waals surface area contributed by atoms with E-state index < -0.39 is 0 Å². The molecule has 5 atom stereocenters. The van der Waals surface area contributed by atoms with Crippen LogP contribution in [0.15, 0.2) is 0 Å². The summed E-state index contributed by atoms with van der Waals surface area (Å²) >= 11 is 0. The maximum absolute atomic E-state index is 10.1. The molecule has 2 aliphatic carbocycles. The second kappa shape index (κ2) is 5.71. The zero-order valence-electron chi connectivity index (χ0n) is 11.7. The number of rotatable bonds is 2. The minimum atomic E-state index is -0.0802. The van der Waals surface area contributed by atoms with E-state index in [1.54, 1.807) is 0 Å². The van der Waals surface area contributed by atoms with Crippen LogP contribution in [0.25, 0.3) is 0 Å². The van der Waals surface area contributed by atoms with Crippen molar-refractivity contribution in [3.63, 3.8) is 0 Å². The molecule has 0 heterocycles. The molecule has 0 bridgehead atoms. The van der Waals surface area contributed by atoms with Crippen molar-refractivity contribution in [3.8, 4) is 0 Å². The Morgan fingerprint density at radius 3 is 2.29 bits per heavy atom. The highest BCUT2D eigenvalue weighted by Crippen LogP contribution is 2.34. The van der Waals surface area contributed by atoms with Crippen molar-refractivity contribution in [2.24, 2.45) is 11.8 Å². The SMILES string of the molecule is CC1CCC(N(C)C2CCCCC2O)CC1C. The zero-order chi connectivity index (χ0) is 12.4. The number of likely N-dealkylation sites (N-methyl/N-ethyl adjacent to an activating group) is 1. The summed E-state index contributed by atoms with van der Waals surface area (Å²) in [6.45, 7) is 4.78. The number of hydrogen-bond acceptors (Lipinski definition) is 2. The number of nitrogens with zero attached hydrogens (tertiary/aromatic N) is 1. The molecule has 2 aliphatic rings. The number of hydrogen-bond donors (Lipinski definition) is 1. The third-order valence-electron chi connectivity index (χ3n) is 5.36. The molecule has 0 spiro atoms. The molecule has 1 N–H and O–H groups in total. The first kappa shape index (κ1) is 13.4. The molecule has 0 aromatic heterocycles. The van der Waals surface area contributed by atoms with E-state index in [0.717, 1.165) is 18.3 Å². The van der Waals surface area contributed by atoms with E-state index in [9.17, 15) is 5.11 Å². The topological polar surface area (TPSA) is 23.5 Å². The predicted octanol–water partition coefficient (Wildman–Crippen LogP) is 3.05. The van der Waals surface area contributed by atoms with E-state index in [1.807, 2.05) is 0 Å². The molecule has 17 heavy (non-hydrogen) atoms. The maximum Gasteiger partial charge on any atom is 0.0695 e. The fourth-order valence-electron chi connectivity index (χ4n) is 3.73. The zero-order valence-corrected chi connectivity index (χ0v) is 11.7. The smallest absolute Gasteiger partial charge is 0.0695 e. The molecule has 2 heteroatoms. The summed E-state index contributed by atoms with van der Waals surface area (Å²) < 4.78 is 0. The normalized spacial score (nSPS) is 43.9. The van der Waals surface area contributed by atoms with Crippen LogP contribution >= 0.6 is 0 Å². The average molecular weight is 239 g/mol. The molecule has 0 aliphatic heterocycles. The van der Waals surface area contributed by atoms with Crippen LogP contribution in [0, 0.1) is 11.8 Å². The molecule has 2 rings (SSSR count). The van der Waals surface area contributed by atoms with Gasteiger partial charge in [-0.2, -0.15) is 0 Å². The average Bonchev–Trinajstić information content (AvgIpc) is 2.32. The molecule has 100 valence electrons. The van der Waals surface area contributed by atoms with Gasteiger partial charge in [0, 0.05) is 12.1 Å². The number of aliphatic hydroxyl groups excluding tert-OH is 1. The summed E-state index contributed by atoms with van der Waals surface area (Å²) in [5, 5.41) is 10.1. The van der Waals surface area contributed by atoms with Gasteiger partial charge in [-0.25, -0.2) is 0 Å². The molecule has 2 saturated carbocycles. The van der Waals surface area contributed by atoms with Gasteiger partial charge >= 0.3 is 0 Å². The summed E-state index contributed by atoms with van der Waals surface area (Å²) in [6.07, 6.45) is 8.63. The molecule has 0 aromatic rings. The van der Waals surface area contributed by atoms with Gasteiger partial charge in [0.25, 0.3) is 0 Å². The van der Waals surface area contributed by atoms with E-state index >= 15 is 0 Å². The van der Waals surface area contributed by atoms with E-state index in [1.165, 1.54) is 38.5 Å². The first-order valence-corrected chi connectivity index (χ1v) is 7.49. The lowest BCUT2D eigenvalue weighted by Gasteiger charge is -2.44. The van der Waals surface area contributed by atoms with Crippen LogP contribution in [-0.2, 0) is 0 Å². The van der Waals surface area contributed by atoms with Crippen LogP contribution in [0.4, 0.5) is 0 Å². The van der Waals surface area contributed by atoms with Crippen LogP contribution < -0.4 is 0 Å². The van der Waals surface area contributed by atoms with Gasteiger partial charge in [-0.3, -0.25) is 4.90 Å². The standard InChI is InChI=1S/C15H29NO/c1-11-8-9-13(10-12(11)2)16(3)14-6-4-5-7-15(14)17/h11-15,17H,4-10H2,1-3H3. The van der Waals surface area contributed by atoms with Crippen molar-refractivity contribution in [3.05, 3.63) is 0 Å². The molecule has 0 saturated heterocycles. The van der Waals surface area contributed by atoms with Gasteiger partial charge in [0.1, 0.15) is 0 Å². The summed E-state index contributed by atoms with van der Waals surface area (Å²) in [6, 6.07) is 1.13. The van der Waals surface area contributed by atoms with Gasteiger partial charge in [0.15, 0.2) is 0 Å². The Balaban J connectivity index is 1.92. The third-order valence-corrected chi connectivity index (χ3v) is 5.36.